The molecule has 0 saturated carbocycles. The second-order valence-corrected chi connectivity index (χ2v) is 27.2. The SMILES string of the molecule is [C-]#[N+]c1cccc(-c2cc(-c3nc(-c4ccc(-c5ccc(C#N)cc5)cc4)nc(-c4ccc(-n5c6ccc(C(=O)OCc7ccccc7)cc6c6cc(C(=O)OCc7ccccc7)ccc65)c(-c5cccc(C#N)c5)c4)n3)ccc2-n2c3ccc(C(=O)OCc4ccccc4)cc3c3cc(C(=O)OCc4ccccc4)ccc32)c1. The van der Waals surface area contributed by atoms with E-state index >= 15 is 0 Å². The first-order valence-corrected chi connectivity index (χ1v) is 36.6. The van der Waals surface area contributed by atoms with Crippen molar-refractivity contribution in [2.24, 2.45) is 0 Å². The molecule has 3 aromatic heterocycles. The van der Waals surface area contributed by atoms with Crippen molar-refractivity contribution >= 4 is 73.2 Å². The molecule has 17 aromatic rings. The minimum absolute atomic E-state index is 0.0560. The van der Waals surface area contributed by atoms with Gasteiger partial charge in [0.15, 0.2) is 23.2 Å². The summed E-state index contributed by atoms with van der Waals surface area (Å²) in [4.78, 5) is 76.2. The van der Waals surface area contributed by atoms with E-state index in [4.69, 9.17) is 40.5 Å². The first-order valence-electron chi connectivity index (χ1n) is 36.6. The van der Waals surface area contributed by atoms with Crippen LogP contribution in [0.2, 0.25) is 0 Å². The zero-order valence-corrected chi connectivity index (χ0v) is 60.8. The number of hydrogen-bond acceptors (Lipinski definition) is 13. The van der Waals surface area contributed by atoms with Crippen molar-refractivity contribution in [3.8, 4) is 91.1 Å². The molecular weight excluding hydrogens is 1420 g/mol. The predicted molar refractivity (Wildman–Crippen MR) is 439 cm³/mol. The normalized spacial score (nSPS) is 11.1. The molecule has 0 amide bonds. The summed E-state index contributed by atoms with van der Waals surface area (Å²) in [6.45, 7) is 8.46. The number of hydrogen-bond donors (Lipinski definition) is 0. The van der Waals surface area contributed by atoms with Gasteiger partial charge >= 0.3 is 23.9 Å². The molecule has 16 heteroatoms. The van der Waals surface area contributed by atoms with Gasteiger partial charge in [0, 0.05) is 49.4 Å². The highest BCUT2D eigenvalue weighted by atomic mass is 16.5. The lowest BCUT2D eigenvalue weighted by molar-refractivity contribution is 0.0464. The molecular formula is C98H62N8O8. The number of carbonyl (C=O) groups excluding carboxylic acids is 4. The maximum Gasteiger partial charge on any atom is 0.338 e. The van der Waals surface area contributed by atoms with Crippen LogP contribution in [0.3, 0.4) is 0 Å². The van der Waals surface area contributed by atoms with Crippen molar-refractivity contribution in [3.05, 3.63) is 395 Å². The average molecular weight is 1480 g/mol. The largest absolute Gasteiger partial charge is 0.457 e. The fraction of sp³-hybridized carbons (Fsp3) is 0.0408. The molecule has 0 atom stereocenters. The van der Waals surface area contributed by atoms with E-state index in [1.165, 1.54) is 0 Å². The van der Waals surface area contributed by atoms with E-state index in [0.717, 1.165) is 33.4 Å². The van der Waals surface area contributed by atoms with Crippen molar-refractivity contribution in [2.45, 2.75) is 26.4 Å². The number of esters is 4. The van der Waals surface area contributed by atoms with Crippen LogP contribution >= 0.6 is 0 Å². The van der Waals surface area contributed by atoms with Gasteiger partial charge in [0.1, 0.15) is 26.4 Å². The van der Waals surface area contributed by atoms with Crippen molar-refractivity contribution in [2.75, 3.05) is 0 Å². The van der Waals surface area contributed by atoms with Crippen molar-refractivity contribution < 1.29 is 38.1 Å². The van der Waals surface area contributed by atoms with Gasteiger partial charge in [0.2, 0.25) is 0 Å². The highest BCUT2D eigenvalue weighted by Gasteiger charge is 2.26. The van der Waals surface area contributed by atoms with Crippen LogP contribution in [0.15, 0.2) is 328 Å². The summed E-state index contributed by atoms with van der Waals surface area (Å²) in [6, 6.07) is 105. The highest BCUT2D eigenvalue weighted by Crippen LogP contribution is 2.43. The highest BCUT2D eigenvalue weighted by molar-refractivity contribution is 6.15. The molecule has 0 N–H and O–H groups in total. The first kappa shape index (κ1) is 71.0. The molecule has 114 heavy (non-hydrogen) atoms. The van der Waals surface area contributed by atoms with E-state index < -0.39 is 23.9 Å². The minimum Gasteiger partial charge on any atom is -0.457 e. The van der Waals surface area contributed by atoms with Gasteiger partial charge in [-0.2, -0.15) is 10.5 Å². The third kappa shape index (κ3) is 14.6. The summed E-state index contributed by atoms with van der Waals surface area (Å²) < 4.78 is 27.7. The lowest BCUT2D eigenvalue weighted by Crippen LogP contribution is -2.05. The summed E-state index contributed by atoms with van der Waals surface area (Å²) >= 11 is 0. The summed E-state index contributed by atoms with van der Waals surface area (Å²) in [7, 11) is 0. The number of nitrogens with zero attached hydrogens (tertiary/aromatic N) is 8. The Morgan fingerprint density at radius 1 is 0.307 bits per heavy atom. The van der Waals surface area contributed by atoms with Gasteiger partial charge in [0.25, 0.3) is 0 Å². The average Bonchev–Trinajstić information content (AvgIpc) is 1.58. The Balaban J connectivity index is 0.833. The first-order chi connectivity index (χ1) is 56.0. The third-order valence-electron chi connectivity index (χ3n) is 20.0. The Kier molecular flexibility index (Phi) is 19.5. The van der Waals surface area contributed by atoms with Crippen LogP contribution < -0.4 is 0 Å². The molecule has 0 radical (unpaired) electrons. The third-order valence-corrected chi connectivity index (χ3v) is 20.0. The number of fused-ring (bicyclic) bond motifs is 6. The van der Waals surface area contributed by atoms with E-state index in [1.54, 1.807) is 72.8 Å². The van der Waals surface area contributed by atoms with Crippen molar-refractivity contribution in [3.63, 3.8) is 0 Å². The van der Waals surface area contributed by atoms with Crippen LogP contribution in [0, 0.1) is 29.2 Å². The standard InChI is InChI=1S/C98H62N8O8/c1-101-79-27-15-26-72(49-79)81-51-74(37-43-87(81)106-90-46-40-77(97(109)113-60-65-20-10-4-11-21-65)54-84(90)85-55-78(41-47-91(85)106)98(110)114-61-66-22-12-5-13-23-66)94-103-92(70-34-32-69(33-35-70)68-30-28-62(56-99)29-31-68)102-93(104-94)73-36-42-86(80(50-73)71-25-14-24-67(48-71)57-100)105-88-44-38-75(95(107)111-58-63-16-6-2-7-17-63)52-82(88)83-53-76(39-45-89(83)105)96(108)112-59-64-18-8-3-9-19-64/h2-55H,58-61H2. The molecule has 3 heterocycles. The fourth-order valence-electron chi connectivity index (χ4n) is 14.3. The maximum atomic E-state index is 14.1. The maximum absolute atomic E-state index is 14.1. The summed E-state index contributed by atoms with van der Waals surface area (Å²) in [5.41, 5.74) is 16.3. The van der Waals surface area contributed by atoms with E-state index in [0.29, 0.717) is 139 Å². The van der Waals surface area contributed by atoms with Crippen LogP contribution in [0.1, 0.15) is 74.8 Å². The smallest absolute Gasteiger partial charge is 0.338 e. The Bertz CT molecular complexity index is 6200. The minimum atomic E-state index is -0.535. The molecule has 0 aliphatic heterocycles. The zero-order valence-electron chi connectivity index (χ0n) is 60.8. The van der Waals surface area contributed by atoms with Gasteiger partial charge in [-0.3, -0.25) is 0 Å². The molecule has 14 aromatic carbocycles. The van der Waals surface area contributed by atoms with Crippen LogP contribution in [-0.4, -0.2) is 48.0 Å². The quantitative estimate of drug-likeness (QED) is 0.0396. The Hall–Kier alpha value is -16.0. The number of rotatable bonds is 20. The number of nitriles is 2. The molecule has 0 aliphatic rings. The van der Waals surface area contributed by atoms with Gasteiger partial charge in [0.05, 0.1) is 85.5 Å². The molecule has 0 unspecified atom stereocenters. The lowest BCUT2D eigenvalue weighted by atomic mass is 9.98. The van der Waals surface area contributed by atoms with Crippen LogP contribution in [-0.2, 0) is 45.4 Å². The second kappa shape index (κ2) is 31.3. The zero-order chi connectivity index (χ0) is 77.6. The molecule has 0 aliphatic carbocycles. The molecule has 17 rings (SSSR count). The molecule has 0 saturated heterocycles. The van der Waals surface area contributed by atoms with E-state index in [-0.39, 0.29) is 38.1 Å². The molecule has 0 spiro atoms. The van der Waals surface area contributed by atoms with Crippen LogP contribution in [0.25, 0.3) is 127 Å². The Morgan fingerprint density at radius 2 is 0.632 bits per heavy atom. The summed E-state index contributed by atoms with van der Waals surface area (Å²) in [5.74, 6) is -1.23. The number of carbonyl (C=O) groups is 4. The number of benzene rings is 14. The van der Waals surface area contributed by atoms with E-state index in [9.17, 15) is 29.7 Å². The predicted octanol–water partition coefficient (Wildman–Crippen LogP) is 21.8. The summed E-state index contributed by atoms with van der Waals surface area (Å²) in [6.07, 6.45) is 0. The van der Waals surface area contributed by atoms with Gasteiger partial charge in [-0.05, 0) is 184 Å². The number of aromatic nitrogens is 5. The van der Waals surface area contributed by atoms with Gasteiger partial charge in [-0.1, -0.05) is 188 Å². The van der Waals surface area contributed by atoms with Crippen molar-refractivity contribution in [1.29, 1.82) is 10.5 Å². The molecule has 0 fully saturated rings. The van der Waals surface area contributed by atoms with Gasteiger partial charge in [-0.25, -0.2) is 39.0 Å². The van der Waals surface area contributed by atoms with Crippen LogP contribution in [0.5, 0.6) is 0 Å². The van der Waals surface area contributed by atoms with Crippen molar-refractivity contribution in [1.82, 2.24) is 24.1 Å². The van der Waals surface area contributed by atoms with E-state index in [1.807, 2.05) is 255 Å². The number of ether oxygens (including phenoxy) is 4. The van der Waals surface area contributed by atoms with E-state index in [2.05, 4.69) is 26.1 Å². The van der Waals surface area contributed by atoms with Gasteiger partial charge in [-0.15, -0.1) is 0 Å². The molecule has 0 bridgehead atoms. The topological polar surface area (TPSA) is 206 Å². The van der Waals surface area contributed by atoms with Crippen LogP contribution in [0.4, 0.5) is 5.69 Å². The fourth-order valence-corrected chi connectivity index (χ4v) is 14.3. The Labute approximate surface area is 654 Å². The molecule has 542 valence electrons. The monoisotopic (exact) mass is 1480 g/mol. The summed E-state index contributed by atoms with van der Waals surface area (Å²) in [5, 5.41) is 22.8. The lowest BCUT2D eigenvalue weighted by Gasteiger charge is -2.17. The molecule has 16 nitrogen and oxygen atoms in total. The van der Waals surface area contributed by atoms with Gasteiger partial charge < -0.3 is 28.1 Å². The Morgan fingerprint density at radius 3 is 0.991 bits per heavy atom. The second-order valence-electron chi connectivity index (χ2n) is 27.2.